The summed E-state index contributed by atoms with van der Waals surface area (Å²) in [6, 6.07) is 0. The third-order valence-electron chi connectivity index (χ3n) is 2.55. The molecular weight excluding hydrogens is 258 g/mol. The minimum Gasteiger partial charge on any atom is -0.388 e. The Morgan fingerprint density at radius 3 is 2.61 bits per heavy atom. The fraction of sp³-hybridized carbons (Fsp3) is 0.500. The summed E-state index contributed by atoms with van der Waals surface area (Å²) >= 11 is 1.15. The first-order valence-electron chi connectivity index (χ1n) is 5.36. The van der Waals surface area contributed by atoms with E-state index in [0.29, 0.717) is 5.13 Å². The van der Waals surface area contributed by atoms with Crippen LogP contribution in [-0.2, 0) is 4.79 Å². The van der Waals surface area contributed by atoms with E-state index in [2.05, 4.69) is 10.3 Å². The van der Waals surface area contributed by atoms with Gasteiger partial charge in [0.25, 0.3) is 5.91 Å². The number of anilines is 1. The van der Waals surface area contributed by atoms with Crippen molar-refractivity contribution in [3.8, 4) is 0 Å². The molecule has 1 fully saturated rings. The molecule has 0 spiro atoms. The molecule has 0 saturated carbocycles. The normalized spacial score (nSPS) is 23.2. The summed E-state index contributed by atoms with van der Waals surface area (Å²) in [5, 5.41) is 23.1. The second-order valence-electron chi connectivity index (χ2n) is 4.06. The lowest BCUT2D eigenvalue weighted by atomic mass is 10.3. The molecule has 1 saturated heterocycles. The van der Waals surface area contributed by atoms with Crippen molar-refractivity contribution < 1.29 is 19.8 Å². The number of carbonyl (C=O) groups is 2. The van der Waals surface area contributed by atoms with Gasteiger partial charge < -0.3 is 20.4 Å². The summed E-state index contributed by atoms with van der Waals surface area (Å²) in [7, 11) is 0. The molecule has 8 heteroatoms. The number of aromatic nitrogens is 1. The van der Waals surface area contributed by atoms with Crippen LogP contribution in [0.3, 0.4) is 0 Å². The number of thiazole rings is 1. The van der Waals surface area contributed by atoms with Crippen LogP contribution in [-0.4, -0.2) is 57.2 Å². The van der Waals surface area contributed by atoms with Gasteiger partial charge in [-0.25, -0.2) is 4.98 Å². The van der Waals surface area contributed by atoms with Gasteiger partial charge in [0.05, 0.1) is 12.2 Å². The number of likely N-dealkylation sites (tertiary alicyclic amines) is 1. The molecule has 3 N–H and O–H groups in total. The summed E-state index contributed by atoms with van der Waals surface area (Å²) in [5.41, 5.74) is 0.199. The van der Waals surface area contributed by atoms with E-state index in [4.69, 9.17) is 0 Å². The zero-order valence-electron chi connectivity index (χ0n) is 9.66. The van der Waals surface area contributed by atoms with Crippen LogP contribution in [0.25, 0.3) is 0 Å². The van der Waals surface area contributed by atoms with Crippen molar-refractivity contribution >= 4 is 28.3 Å². The Labute approximate surface area is 107 Å². The van der Waals surface area contributed by atoms with Crippen LogP contribution in [0.2, 0.25) is 0 Å². The lowest BCUT2D eigenvalue weighted by Gasteiger charge is -2.13. The van der Waals surface area contributed by atoms with Gasteiger partial charge in [0, 0.05) is 25.4 Å². The second kappa shape index (κ2) is 5.01. The zero-order chi connectivity index (χ0) is 13.3. The standard InChI is InChI=1S/C10H13N3O4S/c1-5(14)11-10-12-6(4-18-10)9(17)13-2-7(15)8(16)3-13/h4,7-8,15-16H,2-3H2,1H3,(H,11,12,14). The highest BCUT2D eigenvalue weighted by Gasteiger charge is 2.33. The summed E-state index contributed by atoms with van der Waals surface area (Å²) in [6.45, 7) is 1.54. The topological polar surface area (TPSA) is 103 Å². The van der Waals surface area contributed by atoms with Crippen molar-refractivity contribution in [3.63, 3.8) is 0 Å². The molecule has 1 aliphatic rings. The van der Waals surface area contributed by atoms with Gasteiger partial charge in [0.15, 0.2) is 5.13 Å². The average molecular weight is 271 g/mol. The molecule has 2 rings (SSSR count). The number of amides is 2. The van der Waals surface area contributed by atoms with E-state index in [1.807, 2.05) is 0 Å². The molecule has 2 heterocycles. The number of hydrogen-bond acceptors (Lipinski definition) is 6. The molecule has 98 valence electrons. The van der Waals surface area contributed by atoms with E-state index < -0.39 is 12.2 Å². The van der Waals surface area contributed by atoms with Crippen LogP contribution in [0.5, 0.6) is 0 Å². The summed E-state index contributed by atoms with van der Waals surface area (Å²) in [6.07, 6.45) is -1.83. The summed E-state index contributed by atoms with van der Waals surface area (Å²) in [4.78, 5) is 28.1. The number of β-amino-alcohol motifs (C(OH)–C–C–N with tert-alkyl or cyclic N) is 2. The number of aliphatic hydroxyl groups excluding tert-OH is 2. The number of aliphatic hydroxyl groups is 2. The molecule has 2 amide bonds. The van der Waals surface area contributed by atoms with E-state index in [9.17, 15) is 19.8 Å². The number of rotatable bonds is 2. The second-order valence-corrected chi connectivity index (χ2v) is 4.92. The highest BCUT2D eigenvalue weighted by Crippen LogP contribution is 2.19. The predicted molar refractivity (Wildman–Crippen MR) is 64.3 cm³/mol. The van der Waals surface area contributed by atoms with Crippen molar-refractivity contribution in [3.05, 3.63) is 11.1 Å². The third-order valence-corrected chi connectivity index (χ3v) is 3.31. The number of nitrogens with zero attached hydrogens (tertiary/aromatic N) is 2. The summed E-state index contributed by atoms with van der Waals surface area (Å²) < 4.78 is 0. The van der Waals surface area contributed by atoms with Gasteiger partial charge in [-0.3, -0.25) is 9.59 Å². The van der Waals surface area contributed by atoms with Crippen LogP contribution < -0.4 is 5.32 Å². The minimum absolute atomic E-state index is 0.0903. The quantitative estimate of drug-likeness (QED) is 0.658. The molecule has 0 aliphatic carbocycles. The number of carbonyl (C=O) groups excluding carboxylic acids is 2. The van der Waals surface area contributed by atoms with E-state index >= 15 is 0 Å². The van der Waals surface area contributed by atoms with Crippen LogP contribution in [0.4, 0.5) is 5.13 Å². The zero-order valence-corrected chi connectivity index (χ0v) is 10.5. The first-order chi connectivity index (χ1) is 8.47. The SMILES string of the molecule is CC(=O)Nc1nc(C(=O)N2CC(O)C(O)C2)cs1. The average Bonchev–Trinajstić information content (AvgIpc) is 2.85. The molecule has 0 bridgehead atoms. The molecule has 0 radical (unpaired) electrons. The maximum Gasteiger partial charge on any atom is 0.273 e. The predicted octanol–water partition coefficient (Wildman–Crippen LogP) is -0.721. The highest BCUT2D eigenvalue weighted by atomic mass is 32.1. The Morgan fingerprint density at radius 1 is 1.44 bits per heavy atom. The van der Waals surface area contributed by atoms with Gasteiger partial charge in [-0.1, -0.05) is 0 Å². The highest BCUT2D eigenvalue weighted by molar-refractivity contribution is 7.14. The molecule has 2 atom stereocenters. The monoisotopic (exact) mass is 271 g/mol. The first kappa shape index (κ1) is 12.9. The van der Waals surface area contributed by atoms with Gasteiger partial charge in [0.2, 0.25) is 5.91 Å². The Morgan fingerprint density at radius 2 is 2.06 bits per heavy atom. The largest absolute Gasteiger partial charge is 0.388 e. The van der Waals surface area contributed by atoms with Crippen LogP contribution in [0.15, 0.2) is 5.38 Å². The van der Waals surface area contributed by atoms with E-state index in [0.717, 1.165) is 11.3 Å². The molecule has 1 aliphatic heterocycles. The van der Waals surface area contributed by atoms with E-state index in [1.54, 1.807) is 0 Å². The van der Waals surface area contributed by atoms with Crippen molar-refractivity contribution in [2.45, 2.75) is 19.1 Å². The van der Waals surface area contributed by atoms with Gasteiger partial charge in [-0.05, 0) is 0 Å². The van der Waals surface area contributed by atoms with Gasteiger partial charge in [-0.2, -0.15) is 0 Å². The fourth-order valence-electron chi connectivity index (χ4n) is 1.68. The molecule has 1 aromatic heterocycles. The Kier molecular flexibility index (Phi) is 3.60. The maximum absolute atomic E-state index is 12.0. The summed E-state index contributed by atoms with van der Waals surface area (Å²) in [5.74, 6) is -0.617. The molecule has 1 aromatic rings. The molecule has 0 aromatic carbocycles. The molecular formula is C10H13N3O4S. The van der Waals surface area contributed by atoms with Crippen molar-refractivity contribution in [1.82, 2.24) is 9.88 Å². The molecule has 7 nitrogen and oxygen atoms in total. The smallest absolute Gasteiger partial charge is 0.273 e. The van der Waals surface area contributed by atoms with Crippen LogP contribution >= 0.6 is 11.3 Å². The Bertz CT molecular complexity index is 465. The van der Waals surface area contributed by atoms with Crippen molar-refractivity contribution in [1.29, 1.82) is 0 Å². The van der Waals surface area contributed by atoms with Crippen LogP contribution in [0.1, 0.15) is 17.4 Å². The first-order valence-corrected chi connectivity index (χ1v) is 6.24. The van der Waals surface area contributed by atoms with Gasteiger partial charge in [-0.15, -0.1) is 11.3 Å². The minimum atomic E-state index is -0.914. The number of nitrogens with one attached hydrogen (secondary N) is 1. The molecule has 18 heavy (non-hydrogen) atoms. The van der Waals surface area contributed by atoms with E-state index in [1.165, 1.54) is 17.2 Å². The van der Waals surface area contributed by atoms with Gasteiger partial charge in [0.1, 0.15) is 5.69 Å². The fourth-order valence-corrected chi connectivity index (χ4v) is 2.41. The molecule has 2 unspecified atom stereocenters. The lowest BCUT2D eigenvalue weighted by molar-refractivity contribution is -0.114. The van der Waals surface area contributed by atoms with E-state index in [-0.39, 0.29) is 30.6 Å². The van der Waals surface area contributed by atoms with Crippen molar-refractivity contribution in [2.75, 3.05) is 18.4 Å². The number of hydrogen-bond donors (Lipinski definition) is 3. The van der Waals surface area contributed by atoms with Crippen molar-refractivity contribution in [2.24, 2.45) is 0 Å². The Hall–Kier alpha value is -1.51. The maximum atomic E-state index is 12.0. The Balaban J connectivity index is 2.05. The van der Waals surface area contributed by atoms with Crippen LogP contribution in [0, 0.1) is 0 Å². The lowest BCUT2D eigenvalue weighted by Crippen LogP contribution is -2.30. The third kappa shape index (κ3) is 2.66. The van der Waals surface area contributed by atoms with Gasteiger partial charge >= 0.3 is 0 Å².